The minimum atomic E-state index is 0.0842. The summed E-state index contributed by atoms with van der Waals surface area (Å²) < 4.78 is 3.63. The Morgan fingerprint density at radius 3 is 1.94 bits per heavy atom. The minimum Gasteiger partial charge on any atom is -0.308 e. The number of para-hydroxylation sites is 2. The average Bonchev–Trinajstić information content (AvgIpc) is 3.37. The Kier molecular flexibility index (Phi) is 3.97. The molecule has 0 bridgehead atoms. The van der Waals surface area contributed by atoms with Gasteiger partial charge >= 0.3 is 0 Å². The van der Waals surface area contributed by atoms with Gasteiger partial charge in [-0.15, -0.1) is 0 Å². The first-order valence-corrected chi connectivity index (χ1v) is 13.4. The van der Waals surface area contributed by atoms with Crippen LogP contribution in [0.5, 0.6) is 0 Å². The molecule has 0 fully saturated rings. The van der Waals surface area contributed by atoms with Gasteiger partial charge in [-0.1, -0.05) is 99.9 Å². The standard InChI is InChI=1S/C33H30BrN/c1-31(2)25-17-23(27(34)18-26(25)32(3,4)33(31,5)6)19-14-15-29-24(16-19)22-12-9-11-21-20-10-7-8-13-28(20)35(29)30(21)22/h7-18H,1-6H3. The summed E-state index contributed by atoms with van der Waals surface area (Å²) in [5.74, 6) is 0. The van der Waals surface area contributed by atoms with Gasteiger partial charge in [-0.25, -0.2) is 0 Å². The Bertz CT molecular complexity index is 1830. The second kappa shape index (κ2) is 6.48. The molecule has 0 atom stereocenters. The van der Waals surface area contributed by atoms with Crippen LogP contribution < -0.4 is 0 Å². The van der Waals surface area contributed by atoms with Gasteiger partial charge < -0.3 is 4.40 Å². The zero-order valence-electron chi connectivity index (χ0n) is 21.3. The zero-order chi connectivity index (χ0) is 24.5. The zero-order valence-corrected chi connectivity index (χ0v) is 22.8. The summed E-state index contributed by atoms with van der Waals surface area (Å²) in [6.07, 6.45) is 0. The van der Waals surface area contributed by atoms with Crippen LogP contribution in [0.4, 0.5) is 0 Å². The summed E-state index contributed by atoms with van der Waals surface area (Å²) in [6.45, 7) is 14.5. The first-order valence-electron chi connectivity index (χ1n) is 12.6. The van der Waals surface area contributed by atoms with E-state index in [0.717, 1.165) is 0 Å². The first kappa shape index (κ1) is 21.4. The van der Waals surface area contributed by atoms with Gasteiger partial charge in [0.25, 0.3) is 0 Å². The third-order valence-corrected chi connectivity index (χ3v) is 10.8. The third-order valence-electron chi connectivity index (χ3n) is 10.1. The molecule has 1 aliphatic carbocycles. The largest absolute Gasteiger partial charge is 0.308 e. The average molecular weight is 521 g/mol. The Morgan fingerprint density at radius 1 is 0.600 bits per heavy atom. The lowest BCUT2D eigenvalue weighted by molar-refractivity contribution is 0.125. The molecule has 1 nitrogen and oxygen atoms in total. The lowest BCUT2D eigenvalue weighted by atomic mass is 9.59. The van der Waals surface area contributed by atoms with E-state index in [1.165, 1.54) is 64.8 Å². The van der Waals surface area contributed by atoms with E-state index in [2.05, 4.69) is 135 Å². The molecule has 1 aliphatic rings. The summed E-state index contributed by atoms with van der Waals surface area (Å²) in [5, 5.41) is 5.31. The van der Waals surface area contributed by atoms with E-state index in [-0.39, 0.29) is 16.2 Å². The molecule has 0 saturated carbocycles. The number of aromatic nitrogens is 1. The van der Waals surface area contributed by atoms with Crippen molar-refractivity contribution in [2.24, 2.45) is 5.41 Å². The maximum absolute atomic E-state index is 3.97. The minimum absolute atomic E-state index is 0.0842. The number of halogens is 1. The Labute approximate surface area is 215 Å². The SMILES string of the molecule is CC1(C)c2cc(Br)c(-c3ccc4c(c3)c3cccc5c6ccccc6n4c53)cc2C(C)(C)C1(C)C. The molecule has 0 saturated heterocycles. The predicted octanol–water partition coefficient (Wildman–Crippen LogP) is 9.86. The molecule has 0 aliphatic heterocycles. The molecule has 2 heterocycles. The van der Waals surface area contributed by atoms with Gasteiger partial charge in [0, 0.05) is 26.0 Å². The van der Waals surface area contributed by atoms with Crippen LogP contribution in [-0.2, 0) is 10.8 Å². The van der Waals surface area contributed by atoms with Gasteiger partial charge in [0.05, 0.1) is 16.6 Å². The number of fused-ring (bicyclic) bond motifs is 7. The molecular weight excluding hydrogens is 490 g/mol. The Balaban J connectivity index is 1.52. The van der Waals surface area contributed by atoms with Crippen LogP contribution >= 0.6 is 15.9 Å². The van der Waals surface area contributed by atoms with E-state index in [0.29, 0.717) is 0 Å². The van der Waals surface area contributed by atoms with Gasteiger partial charge in [0.1, 0.15) is 0 Å². The molecule has 0 amide bonds. The molecule has 0 radical (unpaired) electrons. The number of hydrogen-bond acceptors (Lipinski definition) is 0. The molecule has 4 aromatic carbocycles. The van der Waals surface area contributed by atoms with Crippen LogP contribution in [0.15, 0.2) is 77.3 Å². The smallest absolute Gasteiger partial charge is 0.0620 e. The van der Waals surface area contributed by atoms with E-state index < -0.39 is 0 Å². The van der Waals surface area contributed by atoms with Crippen molar-refractivity contribution in [2.75, 3.05) is 0 Å². The molecule has 0 unspecified atom stereocenters. The van der Waals surface area contributed by atoms with Crippen molar-refractivity contribution in [3.63, 3.8) is 0 Å². The highest BCUT2D eigenvalue weighted by molar-refractivity contribution is 9.10. The molecule has 35 heavy (non-hydrogen) atoms. The second-order valence-corrected chi connectivity index (χ2v) is 12.9. The summed E-state index contributed by atoms with van der Waals surface area (Å²) >= 11 is 3.97. The lowest BCUT2D eigenvalue weighted by Gasteiger charge is -2.44. The second-order valence-electron chi connectivity index (χ2n) is 12.0. The van der Waals surface area contributed by atoms with Gasteiger partial charge in [-0.3, -0.25) is 0 Å². The van der Waals surface area contributed by atoms with E-state index in [4.69, 9.17) is 0 Å². The summed E-state index contributed by atoms with van der Waals surface area (Å²) in [6, 6.07) is 27.4. The summed E-state index contributed by atoms with van der Waals surface area (Å²) in [4.78, 5) is 0. The normalized spacial score (nSPS) is 18.3. The van der Waals surface area contributed by atoms with Crippen molar-refractivity contribution in [1.29, 1.82) is 0 Å². The van der Waals surface area contributed by atoms with Crippen molar-refractivity contribution >= 4 is 54.0 Å². The fraction of sp³-hybridized carbons (Fsp3) is 0.273. The van der Waals surface area contributed by atoms with Crippen LogP contribution in [0.25, 0.3) is 49.2 Å². The maximum atomic E-state index is 3.97. The van der Waals surface area contributed by atoms with E-state index in [1.807, 2.05) is 0 Å². The van der Waals surface area contributed by atoms with Crippen molar-refractivity contribution in [3.8, 4) is 11.1 Å². The lowest BCUT2D eigenvalue weighted by Crippen LogP contribution is -2.42. The van der Waals surface area contributed by atoms with Gasteiger partial charge in [0.15, 0.2) is 0 Å². The number of hydrogen-bond donors (Lipinski definition) is 0. The van der Waals surface area contributed by atoms with E-state index >= 15 is 0 Å². The number of rotatable bonds is 1. The van der Waals surface area contributed by atoms with Gasteiger partial charge in [-0.2, -0.15) is 0 Å². The fourth-order valence-corrected chi connectivity index (χ4v) is 7.46. The fourth-order valence-electron chi connectivity index (χ4n) is 6.88. The van der Waals surface area contributed by atoms with E-state index in [1.54, 1.807) is 0 Å². The number of nitrogens with zero attached hydrogens (tertiary/aromatic N) is 1. The quantitative estimate of drug-likeness (QED) is 0.203. The highest BCUT2D eigenvalue weighted by Crippen LogP contribution is 2.62. The first-order chi connectivity index (χ1) is 16.6. The highest BCUT2D eigenvalue weighted by Gasteiger charge is 2.56. The van der Waals surface area contributed by atoms with Crippen molar-refractivity contribution in [3.05, 3.63) is 88.4 Å². The van der Waals surface area contributed by atoms with Crippen LogP contribution in [0.1, 0.15) is 52.7 Å². The molecule has 6 aromatic rings. The van der Waals surface area contributed by atoms with Gasteiger partial charge in [0.2, 0.25) is 0 Å². The molecule has 7 rings (SSSR count). The summed E-state index contributed by atoms with van der Waals surface area (Å²) in [7, 11) is 0. The molecule has 174 valence electrons. The van der Waals surface area contributed by atoms with Crippen molar-refractivity contribution < 1.29 is 0 Å². The number of benzene rings is 4. The summed E-state index contributed by atoms with van der Waals surface area (Å²) in [5.41, 5.74) is 9.73. The van der Waals surface area contributed by atoms with Crippen LogP contribution in [-0.4, -0.2) is 4.40 Å². The molecule has 2 heteroatoms. The van der Waals surface area contributed by atoms with Crippen LogP contribution in [0.3, 0.4) is 0 Å². The van der Waals surface area contributed by atoms with E-state index in [9.17, 15) is 0 Å². The molecule has 0 N–H and O–H groups in total. The molecular formula is C33H30BrN. The van der Waals surface area contributed by atoms with Crippen molar-refractivity contribution in [2.45, 2.75) is 52.4 Å². The monoisotopic (exact) mass is 519 g/mol. The maximum Gasteiger partial charge on any atom is 0.0620 e. The molecule has 0 spiro atoms. The topological polar surface area (TPSA) is 4.41 Å². The van der Waals surface area contributed by atoms with Crippen LogP contribution in [0, 0.1) is 5.41 Å². The molecule has 2 aromatic heterocycles. The Morgan fingerprint density at radius 2 is 1.20 bits per heavy atom. The van der Waals surface area contributed by atoms with Crippen molar-refractivity contribution in [1.82, 2.24) is 4.40 Å². The predicted molar refractivity (Wildman–Crippen MR) is 154 cm³/mol. The third kappa shape index (κ3) is 2.40. The Hall–Kier alpha value is -2.84. The van der Waals surface area contributed by atoms with Crippen LogP contribution in [0.2, 0.25) is 0 Å². The van der Waals surface area contributed by atoms with Gasteiger partial charge in [-0.05, 0) is 68.8 Å². The highest BCUT2D eigenvalue weighted by atomic mass is 79.9.